The van der Waals surface area contributed by atoms with Gasteiger partial charge in [-0.1, -0.05) is 29.3 Å². The predicted octanol–water partition coefficient (Wildman–Crippen LogP) is 4.17. The third kappa shape index (κ3) is 4.73. The molecule has 0 aliphatic heterocycles. The molecule has 0 bridgehead atoms. The lowest BCUT2D eigenvalue weighted by atomic mass is 10.3. The summed E-state index contributed by atoms with van der Waals surface area (Å²) in [5.74, 6) is -0.906. The van der Waals surface area contributed by atoms with Gasteiger partial charge >= 0.3 is 5.97 Å². The molecule has 1 amide bonds. The molecule has 22 heavy (non-hydrogen) atoms. The summed E-state index contributed by atoms with van der Waals surface area (Å²) in [5.41, 5.74) is 0.414. The van der Waals surface area contributed by atoms with Crippen LogP contribution in [0.3, 0.4) is 0 Å². The average Bonchev–Trinajstić information content (AvgIpc) is 2.94. The summed E-state index contributed by atoms with van der Waals surface area (Å²) in [4.78, 5) is 24.6. The second-order valence-corrected chi connectivity index (χ2v) is 6.38. The van der Waals surface area contributed by atoms with Crippen LogP contribution in [0.25, 0.3) is 0 Å². The zero-order valence-electron chi connectivity index (χ0n) is 11.6. The topological polar surface area (TPSA) is 55.4 Å². The fourth-order valence-electron chi connectivity index (χ4n) is 1.67. The molecule has 0 unspecified atom stereocenters. The van der Waals surface area contributed by atoms with Gasteiger partial charge in [-0.15, -0.1) is 11.3 Å². The maximum absolute atomic E-state index is 12.0. The van der Waals surface area contributed by atoms with Gasteiger partial charge in [0, 0.05) is 9.90 Å². The number of esters is 1. The quantitative estimate of drug-likeness (QED) is 0.817. The highest BCUT2D eigenvalue weighted by molar-refractivity contribution is 7.10. The Kier molecular flexibility index (Phi) is 5.83. The molecule has 4 nitrogen and oxygen atoms in total. The number of carbonyl (C=O) groups excluding carboxylic acids is 2. The number of ether oxygens (including phenoxy) is 1. The number of amides is 1. The lowest BCUT2D eigenvalue weighted by Crippen LogP contribution is -2.30. The molecule has 1 atom stereocenters. The fourth-order valence-corrected chi connectivity index (χ4v) is 2.82. The first kappa shape index (κ1) is 16.8. The Bertz CT molecular complexity index is 673. The van der Waals surface area contributed by atoms with Crippen LogP contribution in [0, 0.1) is 0 Å². The van der Waals surface area contributed by atoms with Crippen LogP contribution in [0.1, 0.15) is 11.8 Å². The molecule has 116 valence electrons. The summed E-state index contributed by atoms with van der Waals surface area (Å²) in [5, 5.41) is 5.26. The van der Waals surface area contributed by atoms with Crippen LogP contribution in [-0.4, -0.2) is 18.0 Å². The Hall–Kier alpha value is -1.56. The van der Waals surface area contributed by atoms with E-state index >= 15 is 0 Å². The maximum atomic E-state index is 12.0. The van der Waals surface area contributed by atoms with Crippen LogP contribution >= 0.6 is 34.5 Å². The third-order valence-corrected chi connectivity index (χ3v) is 4.19. The molecule has 0 saturated heterocycles. The molecule has 1 N–H and O–H groups in total. The van der Waals surface area contributed by atoms with Crippen molar-refractivity contribution in [1.82, 2.24) is 0 Å². The Labute approximate surface area is 142 Å². The summed E-state index contributed by atoms with van der Waals surface area (Å²) >= 11 is 13.2. The molecule has 2 rings (SSSR count). The molecule has 0 saturated carbocycles. The number of halogens is 2. The number of carbonyl (C=O) groups is 2. The van der Waals surface area contributed by atoms with Gasteiger partial charge in [-0.05, 0) is 36.6 Å². The summed E-state index contributed by atoms with van der Waals surface area (Å²) in [6.07, 6.45) is -0.768. The molecular weight excluding hydrogens is 345 g/mol. The predicted molar refractivity (Wildman–Crippen MR) is 88.7 cm³/mol. The minimum Gasteiger partial charge on any atom is -0.452 e. The van der Waals surface area contributed by atoms with E-state index in [4.69, 9.17) is 27.9 Å². The minimum absolute atomic E-state index is 0.150. The fraction of sp³-hybridized carbons (Fsp3) is 0.200. The van der Waals surface area contributed by atoms with Crippen LogP contribution in [0.2, 0.25) is 10.0 Å². The van der Waals surface area contributed by atoms with Gasteiger partial charge in [-0.25, -0.2) is 0 Å². The van der Waals surface area contributed by atoms with Crippen LogP contribution < -0.4 is 5.32 Å². The van der Waals surface area contributed by atoms with E-state index in [1.165, 1.54) is 24.3 Å². The lowest BCUT2D eigenvalue weighted by Gasteiger charge is -2.14. The van der Waals surface area contributed by atoms with Crippen molar-refractivity contribution in [2.24, 2.45) is 0 Å². The largest absolute Gasteiger partial charge is 0.452 e. The van der Waals surface area contributed by atoms with E-state index in [2.05, 4.69) is 5.32 Å². The molecule has 1 aromatic carbocycles. The van der Waals surface area contributed by atoms with E-state index < -0.39 is 18.0 Å². The minimum atomic E-state index is -0.917. The summed E-state index contributed by atoms with van der Waals surface area (Å²) < 4.78 is 5.11. The summed E-state index contributed by atoms with van der Waals surface area (Å²) in [6.45, 7) is 1.51. The van der Waals surface area contributed by atoms with Gasteiger partial charge in [0.05, 0.1) is 17.1 Å². The van der Waals surface area contributed by atoms with E-state index in [1.807, 2.05) is 17.5 Å². The Balaban J connectivity index is 1.90. The molecule has 1 heterocycles. The van der Waals surface area contributed by atoms with Gasteiger partial charge in [-0.2, -0.15) is 0 Å². The van der Waals surface area contributed by atoms with Crippen molar-refractivity contribution in [1.29, 1.82) is 0 Å². The van der Waals surface area contributed by atoms with Gasteiger partial charge in [0.15, 0.2) is 6.10 Å². The van der Waals surface area contributed by atoms with Gasteiger partial charge < -0.3 is 10.1 Å². The summed E-state index contributed by atoms with van der Waals surface area (Å²) in [6, 6.07) is 8.40. The van der Waals surface area contributed by atoms with Crippen molar-refractivity contribution in [2.75, 3.05) is 5.32 Å². The number of anilines is 1. The van der Waals surface area contributed by atoms with Crippen LogP contribution in [0.5, 0.6) is 0 Å². The van der Waals surface area contributed by atoms with Crippen LogP contribution in [-0.2, 0) is 20.7 Å². The maximum Gasteiger partial charge on any atom is 0.311 e. The molecular formula is C15H13Cl2NO3S. The second kappa shape index (κ2) is 7.63. The normalized spacial score (nSPS) is 11.8. The van der Waals surface area contributed by atoms with Crippen molar-refractivity contribution in [3.05, 3.63) is 50.6 Å². The number of nitrogens with one attached hydrogen (secondary N) is 1. The van der Waals surface area contributed by atoms with Crippen LogP contribution in [0.4, 0.5) is 5.69 Å². The van der Waals surface area contributed by atoms with E-state index in [1.54, 1.807) is 12.1 Å². The van der Waals surface area contributed by atoms with Gasteiger partial charge in [0.1, 0.15) is 0 Å². The molecule has 7 heteroatoms. The Morgan fingerprint density at radius 3 is 2.73 bits per heavy atom. The van der Waals surface area contributed by atoms with E-state index in [0.29, 0.717) is 15.7 Å². The van der Waals surface area contributed by atoms with Crippen LogP contribution in [0.15, 0.2) is 35.7 Å². The Morgan fingerprint density at radius 2 is 2.09 bits per heavy atom. The zero-order chi connectivity index (χ0) is 16.1. The van der Waals surface area contributed by atoms with Crippen molar-refractivity contribution < 1.29 is 14.3 Å². The average molecular weight is 358 g/mol. The molecule has 0 radical (unpaired) electrons. The molecule has 2 aromatic rings. The van der Waals surface area contributed by atoms with Gasteiger partial charge in [0.25, 0.3) is 5.91 Å². The number of thiophene rings is 1. The number of hydrogen-bond acceptors (Lipinski definition) is 4. The molecule has 1 aromatic heterocycles. The third-order valence-electron chi connectivity index (χ3n) is 2.77. The number of rotatable bonds is 5. The number of hydrogen-bond donors (Lipinski definition) is 1. The highest BCUT2D eigenvalue weighted by atomic mass is 35.5. The van der Waals surface area contributed by atoms with Gasteiger partial charge in [-0.3, -0.25) is 9.59 Å². The number of benzene rings is 1. The monoisotopic (exact) mass is 357 g/mol. The van der Waals surface area contributed by atoms with E-state index in [-0.39, 0.29) is 6.42 Å². The lowest BCUT2D eigenvalue weighted by molar-refractivity contribution is -0.152. The first-order chi connectivity index (χ1) is 10.5. The van der Waals surface area contributed by atoms with Crippen molar-refractivity contribution in [3.8, 4) is 0 Å². The molecule has 0 spiro atoms. The first-order valence-electron chi connectivity index (χ1n) is 6.43. The highest BCUT2D eigenvalue weighted by Gasteiger charge is 2.19. The first-order valence-corrected chi connectivity index (χ1v) is 8.07. The second-order valence-electron chi connectivity index (χ2n) is 4.50. The smallest absolute Gasteiger partial charge is 0.311 e. The summed E-state index contributed by atoms with van der Waals surface area (Å²) in [7, 11) is 0. The standard InChI is InChI=1S/C15H13Cl2NO3S/c1-9(21-14(19)8-11-3-2-6-22-11)15(20)18-13-5-4-10(16)7-12(13)17/h2-7,9H,8H2,1H3,(H,18,20)/t9-/m0/s1. The van der Waals surface area contributed by atoms with E-state index in [9.17, 15) is 9.59 Å². The van der Waals surface area contributed by atoms with Gasteiger partial charge in [0.2, 0.25) is 0 Å². The van der Waals surface area contributed by atoms with Crippen molar-refractivity contribution in [2.45, 2.75) is 19.4 Å². The zero-order valence-corrected chi connectivity index (χ0v) is 14.0. The van der Waals surface area contributed by atoms with Crippen molar-refractivity contribution in [3.63, 3.8) is 0 Å². The van der Waals surface area contributed by atoms with E-state index in [0.717, 1.165) is 4.88 Å². The highest BCUT2D eigenvalue weighted by Crippen LogP contribution is 2.25. The SMILES string of the molecule is C[C@H](OC(=O)Cc1cccs1)C(=O)Nc1ccc(Cl)cc1Cl. The van der Waals surface area contributed by atoms with Crippen molar-refractivity contribution >= 4 is 52.1 Å². The molecule has 0 aliphatic rings. The molecule has 0 aliphatic carbocycles. The molecule has 0 fully saturated rings. The Morgan fingerprint density at radius 1 is 1.32 bits per heavy atom.